The first-order valence-corrected chi connectivity index (χ1v) is 6.57. The highest BCUT2D eigenvalue weighted by Gasteiger charge is 2.16. The van der Waals surface area contributed by atoms with Crippen LogP contribution in [0.5, 0.6) is 17.2 Å². The molecule has 1 aliphatic rings. The van der Waals surface area contributed by atoms with Gasteiger partial charge in [0.05, 0.1) is 11.6 Å². The molecule has 0 bridgehead atoms. The summed E-state index contributed by atoms with van der Waals surface area (Å²) in [5, 5.41) is 22.0. The Labute approximate surface area is 122 Å². The SMILES string of the molecule is N#Cc1cccc(CNCc2cc3c(cc2O)OCO3)c1. The molecule has 5 heteroatoms. The third-order valence-electron chi connectivity index (χ3n) is 3.27. The first kappa shape index (κ1) is 13.3. The number of nitrogens with zero attached hydrogens (tertiary/aromatic N) is 1. The number of phenolic OH excluding ortho intramolecular Hbond substituents is 1. The zero-order chi connectivity index (χ0) is 14.7. The van der Waals surface area contributed by atoms with Gasteiger partial charge in [0.25, 0.3) is 0 Å². The molecule has 3 rings (SSSR count). The smallest absolute Gasteiger partial charge is 0.231 e. The molecule has 0 saturated heterocycles. The first-order chi connectivity index (χ1) is 10.3. The number of hydrogen-bond donors (Lipinski definition) is 2. The Morgan fingerprint density at radius 2 is 1.95 bits per heavy atom. The summed E-state index contributed by atoms with van der Waals surface area (Å²) in [7, 11) is 0. The lowest BCUT2D eigenvalue weighted by atomic mass is 10.1. The lowest BCUT2D eigenvalue weighted by molar-refractivity contribution is 0.174. The highest BCUT2D eigenvalue weighted by atomic mass is 16.7. The highest BCUT2D eigenvalue weighted by molar-refractivity contribution is 5.51. The average Bonchev–Trinajstić information content (AvgIpc) is 2.94. The monoisotopic (exact) mass is 282 g/mol. The number of nitriles is 1. The summed E-state index contributed by atoms with van der Waals surface area (Å²) in [5.41, 5.74) is 2.41. The van der Waals surface area contributed by atoms with Crippen LogP contribution in [0.15, 0.2) is 36.4 Å². The Morgan fingerprint density at radius 3 is 2.76 bits per heavy atom. The van der Waals surface area contributed by atoms with Crippen LogP contribution >= 0.6 is 0 Å². The van der Waals surface area contributed by atoms with Crippen molar-refractivity contribution in [2.24, 2.45) is 0 Å². The lowest BCUT2D eigenvalue weighted by Gasteiger charge is -2.08. The Bertz CT molecular complexity index is 707. The molecule has 0 fully saturated rings. The van der Waals surface area contributed by atoms with Gasteiger partial charge in [-0.1, -0.05) is 12.1 Å². The minimum Gasteiger partial charge on any atom is -0.507 e. The molecule has 2 aromatic rings. The van der Waals surface area contributed by atoms with E-state index in [0.717, 1.165) is 11.1 Å². The van der Waals surface area contributed by atoms with Crippen molar-refractivity contribution in [3.05, 3.63) is 53.1 Å². The summed E-state index contributed by atoms with van der Waals surface area (Å²) in [4.78, 5) is 0. The molecule has 0 saturated carbocycles. The van der Waals surface area contributed by atoms with Gasteiger partial charge in [0.15, 0.2) is 11.5 Å². The second-order valence-electron chi connectivity index (χ2n) is 4.75. The van der Waals surface area contributed by atoms with Crippen molar-refractivity contribution in [2.75, 3.05) is 6.79 Å². The van der Waals surface area contributed by atoms with E-state index in [9.17, 15) is 5.11 Å². The van der Waals surface area contributed by atoms with Crippen LogP contribution in [0.1, 0.15) is 16.7 Å². The molecule has 0 unspecified atom stereocenters. The van der Waals surface area contributed by atoms with Gasteiger partial charge in [-0.15, -0.1) is 0 Å². The van der Waals surface area contributed by atoms with Gasteiger partial charge >= 0.3 is 0 Å². The van der Waals surface area contributed by atoms with Crippen LogP contribution in [0.4, 0.5) is 0 Å². The largest absolute Gasteiger partial charge is 0.507 e. The fourth-order valence-corrected chi connectivity index (χ4v) is 2.21. The molecular weight excluding hydrogens is 268 g/mol. The summed E-state index contributed by atoms with van der Waals surface area (Å²) in [6, 6.07) is 12.9. The van der Waals surface area contributed by atoms with Crippen LogP contribution in [0.2, 0.25) is 0 Å². The van der Waals surface area contributed by atoms with Crippen LogP contribution in [-0.2, 0) is 13.1 Å². The Kier molecular flexibility index (Phi) is 3.63. The quantitative estimate of drug-likeness (QED) is 0.900. The average molecular weight is 282 g/mol. The van der Waals surface area contributed by atoms with Crippen molar-refractivity contribution in [3.63, 3.8) is 0 Å². The van der Waals surface area contributed by atoms with Crippen LogP contribution < -0.4 is 14.8 Å². The number of hydrogen-bond acceptors (Lipinski definition) is 5. The molecule has 5 nitrogen and oxygen atoms in total. The van der Waals surface area contributed by atoms with Crippen LogP contribution in [0.3, 0.4) is 0 Å². The molecule has 21 heavy (non-hydrogen) atoms. The second-order valence-corrected chi connectivity index (χ2v) is 4.75. The first-order valence-electron chi connectivity index (χ1n) is 6.57. The van der Waals surface area contributed by atoms with Crippen molar-refractivity contribution in [1.29, 1.82) is 5.26 Å². The van der Waals surface area contributed by atoms with Crippen LogP contribution in [0.25, 0.3) is 0 Å². The summed E-state index contributed by atoms with van der Waals surface area (Å²) in [6.45, 7) is 1.30. The van der Waals surface area contributed by atoms with Crippen molar-refractivity contribution >= 4 is 0 Å². The number of fused-ring (bicyclic) bond motifs is 1. The van der Waals surface area contributed by atoms with Gasteiger partial charge in [0, 0.05) is 24.7 Å². The fourth-order valence-electron chi connectivity index (χ4n) is 2.21. The Morgan fingerprint density at radius 1 is 1.14 bits per heavy atom. The number of benzene rings is 2. The molecule has 2 aromatic carbocycles. The summed E-state index contributed by atoms with van der Waals surface area (Å²) in [6.07, 6.45) is 0. The van der Waals surface area contributed by atoms with E-state index >= 15 is 0 Å². The van der Waals surface area contributed by atoms with E-state index in [4.69, 9.17) is 14.7 Å². The van der Waals surface area contributed by atoms with Gasteiger partial charge in [0.2, 0.25) is 6.79 Å². The minimum atomic E-state index is 0.178. The number of ether oxygens (including phenoxy) is 2. The van der Waals surface area contributed by atoms with Crippen molar-refractivity contribution in [1.82, 2.24) is 5.32 Å². The van der Waals surface area contributed by atoms with Crippen molar-refractivity contribution < 1.29 is 14.6 Å². The van der Waals surface area contributed by atoms with Crippen molar-refractivity contribution in [2.45, 2.75) is 13.1 Å². The summed E-state index contributed by atoms with van der Waals surface area (Å²) < 4.78 is 10.5. The predicted octanol–water partition coefficient (Wildman–Crippen LogP) is 2.28. The molecule has 1 heterocycles. The Hall–Kier alpha value is -2.71. The molecule has 0 amide bonds. The summed E-state index contributed by atoms with van der Waals surface area (Å²) >= 11 is 0. The topological polar surface area (TPSA) is 74.5 Å². The molecule has 0 aliphatic carbocycles. The van der Waals surface area contributed by atoms with Gasteiger partial charge in [-0.3, -0.25) is 0 Å². The molecule has 0 aromatic heterocycles. The molecule has 0 radical (unpaired) electrons. The molecule has 106 valence electrons. The minimum absolute atomic E-state index is 0.178. The van der Waals surface area contributed by atoms with E-state index in [1.165, 1.54) is 0 Å². The van der Waals surface area contributed by atoms with E-state index in [0.29, 0.717) is 30.2 Å². The van der Waals surface area contributed by atoms with Crippen LogP contribution in [-0.4, -0.2) is 11.9 Å². The lowest BCUT2D eigenvalue weighted by Crippen LogP contribution is -2.12. The molecule has 1 aliphatic heterocycles. The Balaban J connectivity index is 1.64. The van der Waals surface area contributed by atoms with E-state index in [1.807, 2.05) is 18.2 Å². The van der Waals surface area contributed by atoms with Gasteiger partial charge in [-0.05, 0) is 23.8 Å². The predicted molar refractivity (Wildman–Crippen MR) is 75.9 cm³/mol. The third-order valence-corrected chi connectivity index (χ3v) is 3.27. The van der Waals surface area contributed by atoms with Crippen LogP contribution in [0, 0.1) is 11.3 Å². The fraction of sp³-hybridized carbons (Fsp3) is 0.188. The van der Waals surface area contributed by atoms with Crippen molar-refractivity contribution in [3.8, 4) is 23.3 Å². The molecule has 0 spiro atoms. The maximum absolute atomic E-state index is 9.94. The van der Waals surface area contributed by atoms with E-state index in [1.54, 1.807) is 18.2 Å². The zero-order valence-corrected chi connectivity index (χ0v) is 11.3. The summed E-state index contributed by atoms with van der Waals surface area (Å²) in [5.74, 6) is 1.39. The molecular formula is C16H14N2O3. The van der Waals surface area contributed by atoms with Gasteiger partial charge in [0.1, 0.15) is 5.75 Å². The molecule has 2 N–H and O–H groups in total. The normalized spacial score (nSPS) is 12.1. The standard InChI is InChI=1S/C16H14N2O3/c17-7-11-2-1-3-12(4-11)8-18-9-13-5-15-16(6-14(13)19)21-10-20-15/h1-6,18-19H,8-10H2. The number of nitrogens with one attached hydrogen (secondary N) is 1. The van der Waals surface area contributed by atoms with E-state index < -0.39 is 0 Å². The second kappa shape index (κ2) is 5.73. The van der Waals surface area contributed by atoms with E-state index in [2.05, 4.69) is 11.4 Å². The highest BCUT2D eigenvalue weighted by Crippen LogP contribution is 2.37. The molecule has 0 atom stereocenters. The van der Waals surface area contributed by atoms with Gasteiger partial charge in [-0.2, -0.15) is 5.26 Å². The third kappa shape index (κ3) is 2.91. The number of rotatable bonds is 4. The van der Waals surface area contributed by atoms with E-state index in [-0.39, 0.29) is 12.5 Å². The maximum atomic E-state index is 9.94. The number of phenols is 1. The number of aromatic hydroxyl groups is 1. The maximum Gasteiger partial charge on any atom is 0.231 e. The van der Waals surface area contributed by atoms with Gasteiger partial charge in [-0.25, -0.2) is 0 Å². The van der Waals surface area contributed by atoms with Gasteiger partial charge < -0.3 is 19.9 Å². The zero-order valence-electron chi connectivity index (χ0n) is 11.3.